The third-order valence-electron chi connectivity index (χ3n) is 4.94. The number of para-hydroxylation sites is 2. The van der Waals surface area contributed by atoms with E-state index in [2.05, 4.69) is 15.1 Å². The summed E-state index contributed by atoms with van der Waals surface area (Å²) >= 11 is 5.94. The van der Waals surface area contributed by atoms with Crippen molar-refractivity contribution in [3.63, 3.8) is 0 Å². The van der Waals surface area contributed by atoms with Crippen molar-refractivity contribution in [2.45, 2.75) is 9.79 Å². The first-order valence-corrected chi connectivity index (χ1v) is 11.5. The molecule has 0 aliphatic rings. The van der Waals surface area contributed by atoms with E-state index in [1.54, 1.807) is 60.8 Å². The topological polar surface area (TPSA) is 103 Å². The van der Waals surface area contributed by atoms with Crippen LogP contribution in [0, 0.1) is 0 Å². The number of benzene rings is 3. The Morgan fingerprint density at radius 1 is 0.875 bits per heavy atom. The molecule has 0 saturated heterocycles. The molecule has 0 atom stereocenters. The Morgan fingerprint density at radius 3 is 2.19 bits per heavy atom. The van der Waals surface area contributed by atoms with Crippen LogP contribution in [0.1, 0.15) is 5.56 Å². The van der Waals surface area contributed by atoms with E-state index in [0.29, 0.717) is 16.1 Å². The highest BCUT2D eigenvalue weighted by molar-refractivity contribution is 7.92. The molecule has 2 heterocycles. The minimum atomic E-state index is -3.97. The van der Waals surface area contributed by atoms with Crippen LogP contribution < -0.4 is 5.73 Å². The van der Waals surface area contributed by atoms with Crippen molar-refractivity contribution in [2.75, 3.05) is 5.73 Å². The minimum Gasteiger partial charge on any atom is -0.382 e. The van der Waals surface area contributed by atoms with E-state index in [-0.39, 0.29) is 26.8 Å². The molecule has 0 spiro atoms. The molecule has 0 aliphatic carbocycles. The largest absolute Gasteiger partial charge is 0.382 e. The van der Waals surface area contributed by atoms with Gasteiger partial charge >= 0.3 is 0 Å². The van der Waals surface area contributed by atoms with Gasteiger partial charge in [-0.25, -0.2) is 18.4 Å². The summed E-state index contributed by atoms with van der Waals surface area (Å²) in [5.41, 5.74) is 8.70. The number of halogens is 1. The lowest BCUT2D eigenvalue weighted by Gasteiger charge is -2.04. The molecular weight excluding hydrogens is 446 g/mol. The fourth-order valence-corrected chi connectivity index (χ4v) is 5.03. The van der Waals surface area contributed by atoms with Gasteiger partial charge in [0.1, 0.15) is 16.2 Å². The van der Waals surface area contributed by atoms with E-state index in [4.69, 9.17) is 17.3 Å². The standard InChI is InChI=1S/C23H16ClN5O2S/c24-16-12-10-15(11-13-16)14-26-29-22(25)21(32(30,31)17-6-2-1-3-7-17)20-23(29)28-19-9-5-4-8-18(19)27-20/h1-14H,25H2/b26-14+. The van der Waals surface area contributed by atoms with Gasteiger partial charge in [-0.1, -0.05) is 54.1 Å². The molecule has 0 unspecified atom stereocenters. The first kappa shape index (κ1) is 20.2. The number of hydrogen-bond acceptors (Lipinski definition) is 6. The lowest BCUT2D eigenvalue weighted by molar-refractivity contribution is 0.597. The zero-order chi connectivity index (χ0) is 22.3. The fourth-order valence-electron chi connectivity index (χ4n) is 3.39. The highest BCUT2D eigenvalue weighted by Crippen LogP contribution is 2.35. The van der Waals surface area contributed by atoms with Crippen LogP contribution in [0.25, 0.3) is 22.2 Å². The molecule has 2 aromatic heterocycles. The summed E-state index contributed by atoms with van der Waals surface area (Å²) in [7, 11) is -3.97. The van der Waals surface area contributed by atoms with Gasteiger partial charge in [0.15, 0.2) is 5.65 Å². The predicted molar refractivity (Wildman–Crippen MR) is 126 cm³/mol. The van der Waals surface area contributed by atoms with Crippen molar-refractivity contribution < 1.29 is 8.42 Å². The third-order valence-corrected chi connectivity index (χ3v) is 7.03. The second-order valence-corrected chi connectivity index (χ2v) is 9.35. The average molecular weight is 462 g/mol. The van der Waals surface area contributed by atoms with Crippen LogP contribution in [-0.4, -0.2) is 29.3 Å². The molecule has 9 heteroatoms. The Balaban J connectivity index is 1.79. The normalized spacial score (nSPS) is 12.2. The monoisotopic (exact) mass is 461 g/mol. The van der Waals surface area contributed by atoms with Gasteiger partial charge in [0.05, 0.1) is 22.1 Å². The van der Waals surface area contributed by atoms with Gasteiger partial charge in [0, 0.05) is 5.02 Å². The number of aromatic nitrogens is 3. The summed E-state index contributed by atoms with van der Waals surface area (Å²) in [6, 6.07) is 22.3. The Hall–Kier alpha value is -3.75. The summed E-state index contributed by atoms with van der Waals surface area (Å²) in [6.45, 7) is 0. The van der Waals surface area contributed by atoms with Crippen LogP contribution in [0.4, 0.5) is 5.82 Å². The van der Waals surface area contributed by atoms with Crippen LogP contribution in [0.2, 0.25) is 5.02 Å². The molecule has 0 saturated carbocycles. The van der Waals surface area contributed by atoms with Crippen molar-refractivity contribution in [1.29, 1.82) is 0 Å². The van der Waals surface area contributed by atoms with E-state index in [1.807, 2.05) is 12.1 Å². The number of sulfone groups is 1. The summed E-state index contributed by atoms with van der Waals surface area (Å²) in [4.78, 5) is 9.19. The van der Waals surface area contributed by atoms with Gasteiger partial charge in [0.25, 0.3) is 0 Å². The van der Waals surface area contributed by atoms with Gasteiger partial charge < -0.3 is 5.73 Å². The maximum Gasteiger partial charge on any atom is 0.212 e. The second-order valence-electron chi connectivity index (χ2n) is 7.02. The first-order chi connectivity index (χ1) is 15.4. The summed E-state index contributed by atoms with van der Waals surface area (Å²) in [5.74, 6) is -0.0654. The molecular formula is C23H16ClN5O2S. The van der Waals surface area contributed by atoms with Crippen molar-refractivity contribution in [3.8, 4) is 0 Å². The zero-order valence-corrected chi connectivity index (χ0v) is 18.1. The maximum atomic E-state index is 13.5. The molecule has 158 valence electrons. The van der Waals surface area contributed by atoms with E-state index in [1.165, 1.54) is 16.8 Å². The zero-order valence-electron chi connectivity index (χ0n) is 16.6. The van der Waals surface area contributed by atoms with Gasteiger partial charge in [-0.3, -0.25) is 0 Å². The molecule has 32 heavy (non-hydrogen) atoms. The minimum absolute atomic E-state index is 0.0654. The molecule has 7 nitrogen and oxygen atoms in total. The Labute approximate surface area is 188 Å². The van der Waals surface area contributed by atoms with Crippen molar-refractivity contribution in [1.82, 2.24) is 14.6 Å². The van der Waals surface area contributed by atoms with Crippen molar-refractivity contribution in [3.05, 3.63) is 89.4 Å². The van der Waals surface area contributed by atoms with Gasteiger partial charge in [-0.05, 0) is 42.0 Å². The maximum absolute atomic E-state index is 13.5. The predicted octanol–water partition coefficient (Wildman–Crippen LogP) is 4.54. The number of hydrogen-bond donors (Lipinski definition) is 1. The lowest BCUT2D eigenvalue weighted by atomic mass is 10.2. The fraction of sp³-hybridized carbons (Fsp3) is 0. The van der Waals surface area contributed by atoms with Gasteiger partial charge in [-0.15, -0.1) is 0 Å². The molecule has 5 rings (SSSR count). The van der Waals surface area contributed by atoms with Gasteiger partial charge in [0.2, 0.25) is 9.84 Å². The van der Waals surface area contributed by atoms with Crippen molar-refractivity contribution in [2.24, 2.45) is 5.10 Å². The molecule has 3 aromatic carbocycles. The number of fused-ring (bicyclic) bond motifs is 2. The van der Waals surface area contributed by atoms with Crippen molar-refractivity contribution >= 4 is 55.7 Å². The summed E-state index contributed by atoms with van der Waals surface area (Å²) < 4.78 is 28.3. The smallest absolute Gasteiger partial charge is 0.212 e. The summed E-state index contributed by atoms with van der Waals surface area (Å²) in [5, 5.41) is 5.02. The molecule has 0 bridgehead atoms. The number of rotatable bonds is 4. The summed E-state index contributed by atoms with van der Waals surface area (Å²) in [6.07, 6.45) is 1.56. The second kappa shape index (κ2) is 7.74. The third kappa shape index (κ3) is 3.39. The van der Waals surface area contributed by atoms with Crippen LogP contribution in [0.15, 0.2) is 93.8 Å². The molecule has 5 aromatic rings. The van der Waals surface area contributed by atoms with Crippen LogP contribution in [0.5, 0.6) is 0 Å². The lowest BCUT2D eigenvalue weighted by Crippen LogP contribution is -2.06. The number of anilines is 1. The van der Waals surface area contributed by atoms with Crippen LogP contribution >= 0.6 is 11.6 Å². The molecule has 0 fully saturated rings. The van der Waals surface area contributed by atoms with Gasteiger partial charge in [-0.2, -0.15) is 9.78 Å². The molecule has 0 amide bonds. The molecule has 2 N–H and O–H groups in total. The Kier molecular flexibility index (Phi) is 4.88. The Bertz CT molecular complexity index is 1600. The molecule has 0 aliphatic heterocycles. The first-order valence-electron chi connectivity index (χ1n) is 9.62. The number of nitrogen functional groups attached to an aromatic ring is 1. The highest BCUT2D eigenvalue weighted by Gasteiger charge is 2.30. The number of nitrogens with zero attached hydrogens (tertiary/aromatic N) is 4. The average Bonchev–Trinajstić information content (AvgIpc) is 3.08. The number of nitrogens with two attached hydrogens (primary N) is 1. The van der Waals surface area contributed by atoms with E-state index in [0.717, 1.165) is 5.56 Å². The Morgan fingerprint density at radius 2 is 1.50 bits per heavy atom. The quantitative estimate of drug-likeness (QED) is 0.396. The SMILES string of the molecule is Nc1c(S(=O)(=O)c2ccccc2)c2nc3ccccc3nc2n1/N=C/c1ccc(Cl)cc1. The molecule has 0 radical (unpaired) electrons. The van der Waals surface area contributed by atoms with E-state index in [9.17, 15) is 8.42 Å². The highest BCUT2D eigenvalue weighted by atomic mass is 35.5. The van der Waals surface area contributed by atoms with Crippen LogP contribution in [0.3, 0.4) is 0 Å². The van der Waals surface area contributed by atoms with Crippen LogP contribution in [-0.2, 0) is 9.84 Å². The van der Waals surface area contributed by atoms with E-state index >= 15 is 0 Å². The van der Waals surface area contributed by atoms with E-state index < -0.39 is 9.84 Å².